The topological polar surface area (TPSA) is 53.1 Å². The van der Waals surface area contributed by atoms with Crippen molar-refractivity contribution in [1.82, 2.24) is 9.47 Å². The summed E-state index contributed by atoms with van der Waals surface area (Å²) in [6.07, 6.45) is 4.43. The first-order chi connectivity index (χ1) is 11.9. The SMILES string of the molecule is CC1=CC2N=c3c(n(CCN(C)C)c4ccc(O)cc34)=NC2C=C1C. The molecule has 0 saturated heterocycles. The molecule has 2 unspecified atom stereocenters. The number of likely N-dealkylation sites (N-methyl/N-ethyl adjacent to an activating group) is 1. The standard InChI is InChI=1S/C20H24N4O/c1-12-9-16-17(10-13(12)2)22-20-19(21-16)15-11-14(25)5-6-18(15)24(20)8-7-23(3)4/h5-6,9-11,16-17,25H,7-8H2,1-4H3. The van der Waals surface area contributed by atoms with Crippen molar-refractivity contribution in [2.45, 2.75) is 32.5 Å². The molecule has 2 aliphatic rings. The van der Waals surface area contributed by atoms with Gasteiger partial charge in [-0.2, -0.15) is 0 Å². The van der Waals surface area contributed by atoms with Gasteiger partial charge in [-0.25, -0.2) is 0 Å². The van der Waals surface area contributed by atoms with Crippen LogP contribution in [0.1, 0.15) is 13.8 Å². The molecule has 0 amide bonds. The van der Waals surface area contributed by atoms with Gasteiger partial charge >= 0.3 is 0 Å². The summed E-state index contributed by atoms with van der Waals surface area (Å²) in [7, 11) is 4.14. The minimum absolute atomic E-state index is 0.0476. The molecule has 0 radical (unpaired) electrons. The molecule has 1 aliphatic carbocycles. The van der Waals surface area contributed by atoms with Crippen molar-refractivity contribution in [3.63, 3.8) is 0 Å². The zero-order valence-corrected chi connectivity index (χ0v) is 15.2. The summed E-state index contributed by atoms with van der Waals surface area (Å²) in [6, 6.07) is 5.62. The second-order valence-electron chi connectivity index (χ2n) is 7.27. The van der Waals surface area contributed by atoms with Crippen LogP contribution in [0.25, 0.3) is 10.9 Å². The lowest BCUT2D eigenvalue weighted by molar-refractivity contribution is 0.382. The van der Waals surface area contributed by atoms with Gasteiger partial charge in [-0.3, -0.25) is 9.98 Å². The summed E-state index contributed by atoms with van der Waals surface area (Å²) in [5, 5.41) is 11.8. The van der Waals surface area contributed by atoms with Crippen molar-refractivity contribution in [2.75, 3.05) is 20.6 Å². The molecule has 5 heteroatoms. The third kappa shape index (κ3) is 2.68. The number of fused-ring (bicyclic) bond motifs is 4. The van der Waals surface area contributed by atoms with Crippen LogP contribution in [0, 0.1) is 0 Å². The molecule has 1 aromatic carbocycles. The molecular formula is C20H24N4O. The highest BCUT2D eigenvalue weighted by Crippen LogP contribution is 2.24. The van der Waals surface area contributed by atoms with Crippen LogP contribution in [0.2, 0.25) is 0 Å². The molecule has 1 aromatic heterocycles. The quantitative estimate of drug-likeness (QED) is 0.929. The largest absolute Gasteiger partial charge is 0.508 e. The first-order valence-corrected chi connectivity index (χ1v) is 8.73. The summed E-state index contributed by atoms with van der Waals surface area (Å²) < 4.78 is 2.23. The van der Waals surface area contributed by atoms with E-state index in [1.165, 1.54) is 11.1 Å². The Balaban J connectivity index is 1.98. The Labute approximate surface area is 147 Å². The van der Waals surface area contributed by atoms with E-state index >= 15 is 0 Å². The highest BCUT2D eigenvalue weighted by atomic mass is 16.3. The molecule has 2 atom stereocenters. The minimum atomic E-state index is 0.0476. The first kappa shape index (κ1) is 16.1. The number of benzene rings is 1. The Morgan fingerprint density at radius 2 is 1.76 bits per heavy atom. The summed E-state index contributed by atoms with van der Waals surface area (Å²) in [5.41, 5.74) is 4.55. The third-order valence-electron chi connectivity index (χ3n) is 5.13. The average Bonchev–Trinajstić information content (AvgIpc) is 2.84. The highest BCUT2D eigenvalue weighted by molar-refractivity contribution is 5.81. The zero-order valence-electron chi connectivity index (χ0n) is 15.2. The van der Waals surface area contributed by atoms with E-state index in [0.717, 1.165) is 34.8 Å². The number of aromatic hydroxyl groups is 1. The van der Waals surface area contributed by atoms with E-state index in [1.807, 2.05) is 6.07 Å². The average molecular weight is 336 g/mol. The summed E-state index contributed by atoms with van der Waals surface area (Å²) in [4.78, 5) is 12.2. The van der Waals surface area contributed by atoms with Crippen LogP contribution in [-0.4, -0.2) is 47.3 Å². The lowest BCUT2D eigenvalue weighted by Crippen LogP contribution is -2.41. The molecular weight excluding hydrogens is 312 g/mol. The van der Waals surface area contributed by atoms with Gasteiger partial charge in [0.05, 0.1) is 17.6 Å². The molecule has 2 heterocycles. The maximum Gasteiger partial charge on any atom is 0.155 e. The fourth-order valence-electron chi connectivity index (χ4n) is 3.59. The number of hydrogen-bond donors (Lipinski definition) is 1. The Morgan fingerprint density at radius 1 is 1.08 bits per heavy atom. The molecule has 5 nitrogen and oxygen atoms in total. The second-order valence-corrected chi connectivity index (χ2v) is 7.27. The van der Waals surface area contributed by atoms with E-state index in [0.29, 0.717) is 0 Å². The van der Waals surface area contributed by atoms with Crippen molar-refractivity contribution in [2.24, 2.45) is 9.98 Å². The van der Waals surface area contributed by atoms with E-state index in [2.05, 4.69) is 49.6 Å². The van der Waals surface area contributed by atoms with Gasteiger partial charge in [-0.05, 0) is 46.1 Å². The molecule has 4 rings (SSSR count). The van der Waals surface area contributed by atoms with Crippen molar-refractivity contribution >= 4 is 10.9 Å². The lowest BCUT2D eigenvalue weighted by atomic mass is 9.93. The predicted molar refractivity (Wildman–Crippen MR) is 99.6 cm³/mol. The Kier molecular flexibility index (Phi) is 3.76. The van der Waals surface area contributed by atoms with E-state index < -0.39 is 0 Å². The van der Waals surface area contributed by atoms with Crippen molar-refractivity contribution in [3.05, 3.63) is 52.3 Å². The first-order valence-electron chi connectivity index (χ1n) is 8.73. The van der Waals surface area contributed by atoms with Crippen molar-refractivity contribution in [3.8, 4) is 5.75 Å². The number of allylic oxidation sites excluding steroid dienone is 2. The van der Waals surface area contributed by atoms with Crippen LogP contribution in [0.5, 0.6) is 5.75 Å². The molecule has 25 heavy (non-hydrogen) atoms. The van der Waals surface area contributed by atoms with E-state index in [4.69, 9.17) is 9.98 Å². The number of aromatic nitrogens is 1. The van der Waals surface area contributed by atoms with Gasteiger partial charge in [-0.1, -0.05) is 23.3 Å². The second kappa shape index (κ2) is 5.85. The van der Waals surface area contributed by atoms with Gasteiger partial charge in [0, 0.05) is 18.5 Å². The molecule has 0 bridgehead atoms. The maximum atomic E-state index is 9.96. The van der Waals surface area contributed by atoms with Crippen LogP contribution in [-0.2, 0) is 6.54 Å². The number of nitrogens with zero attached hydrogens (tertiary/aromatic N) is 4. The van der Waals surface area contributed by atoms with Crippen LogP contribution in [0.3, 0.4) is 0 Å². The zero-order chi connectivity index (χ0) is 17.7. The van der Waals surface area contributed by atoms with E-state index in [9.17, 15) is 5.11 Å². The summed E-state index contributed by atoms with van der Waals surface area (Å²) >= 11 is 0. The van der Waals surface area contributed by atoms with Crippen LogP contribution < -0.4 is 10.8 Å². The lowest BCUT2D eigenvalue weighted by Gasteiger charge is -2.23. The summed E-state index contributed by atoms with van der Waals surface area (Å²) in [5.74, 6) is 0.267. The van der Waals surface area contributed by atoms with E-state index in [-0.39, 0.29) is 17.8 Å². The monoisotopic (exact) mass is 336 g/mol. The number of phenols is 1. The molecule has 2 aromatic rings. The molecule has 130 valence electrons. The molecule has 1 aliphatic heterocycles. The van der Waals surface area contributed by atoms with Gasteiger partial charge in [-0.15, -0.1) is 0 Å². The predicted octanol–water partition coefficient (Wildman–Crippen LogP) is 1.80. The van der Waals surface area contributed by atoms with Crippen molar-refractivity contribution < 1.29 is 5.11 Å². The molecule has 0 fully saturated rings. The van der Waals surface area contributed by atoms with Gasteiger partial charge in [0.1, 0.15) is 11.1 Å². The Bertz CT molecular complexity index is 1030. The molecule has 0 saturated carbocycles. The number of rotatable bonds is 3. The van der Waals surface area contributed by atoms with Gasteiger partial charge in [0.2, 0.25) is 0 Å². The molecule has 1 N–H and O–H groups in total. The van der Waals surface area contributed by atoms with Gasteiger partial charge < -0.3 is 14.6 Å². The van der Waals surface area contributed by atoms with Gasteiger partial charge in [0.25, 0.3) is 0 Å². The van der Waals surface area contributed by atoms with E-state index in [1.54, 1.807) is 12.1 Å². The van der Waals surface area contributed by atoms with Gasteiger partial charge in [0.15, 0.2) is 5.49 Å². The van der Waals surface area contributed by atoms with Crippen LogP contribution in [0.15, 0.2) is 51.5 Å². The Hall–Kier alpha value is -2.40. The third-order valence-corrected chi connectivity index (χ3v) is 5.13. The number of phenolic OH excluding ortho intramolecular Hbond substituents is 1. The normalized spacial score (nSPS) is 22.0. The smallest absolute Gasteiger partial charge is 0.155 e. The van der Waals surface area contributed by atoms with Crippen molar-refractivity contribution in [1.29, 1.82) is 0 Å². The van der Waals surface area contributed by atoms with Crippen LogP contribution in [0.4, 0.5) is 0 Å². The summed E-state index contributed by atoms with van der Waals surface area (Å²) in [6.45, 7) is 6.03. The minimum Gasteiger partial charge on any atom is -0.508 e. The maximum absolute atomic E-state index is 9.96. The van der Waals surface area contributed by atoms with Crippen LogP contribution >= 0.6 is 0 Å². The fourth-order valence-corrected chi connectivity index (χ4v) is 3.59. The molecule has 0 spiro atoms. The Morgan fingerprint density at radius 3 is 2.44 bits per heavy atom. The highest BCUT2D eigenvalue weighted by Gasteiger charge is 2.25. The fraction of sp³-hybridized carbons (Fsp3) is 0.400. The number of hydrogen-bond acceptors (Lipinski definition) is 4.